The largest absolute Gasteiger partial charge is 0.300 e. The van der Waals surface area contributed by atoms with Crippen molar-refractivity contribution in [2.75, 3.05) is 5.32 Å². The van der Waals surface area contributed by atoms with Gasteiger partial charge >= 0.3 is 0 Å². The molecular weight excluding hydrogens is 400 g/mol. The Kier molecular flexibility index (Phi) is 6.22. The number of hydrogen-bond donors (Lipinski definition) is 1. The number of carbonyl (C=O) groups excluding carboxylic acids is 3. The number of benzene rings is 1. The van der Waals surface area contributed by atoms with Gasteiger partial charge in [-0.25, -0.2) is 0 Å². The summed E-state index contributed by atoms with van der Waals surface area (Å²) in [5.74, 6) is 0.119. The molecule has 3 amide bonds. The van der Waals surface area contributed by atoms with Gasteiger partial charge in [-0.05, 0) is 43.7 Å². The molecule has 0 bridgehead atoms. The summed E-state index contributed by atoms with van der Waals surface area (Å²) in [6, 6.07) is 6.78. The molecule has 1 fully saturated rings. The zero-order valence-corrected chi connectivity index (χ0v) is 17.9. The summed E-state index contributed by atoms with van der Waals surface area (Å²) in [7, 11) is 0. The molecule has 1 aliphatic heterocycles. The highest BCUT2D eigenvalue weighted by Gasteiger charge is 2.35. The lowest BCUT2D eigenvalue weighted by molar-refractivity contribution is -0.121. The Balaban J connectivity index is 1.31. The fraction of sp³-hybridized carbons (Fsp3) is 0.500. The number of fused-ring (bicyclic) bond motifs is 1. The first-order valence-corrected chi connectivity index (χ1v) is 11.5. The van der Waals surface area contributed by atoms with Crippen molar-refractivity contribution in [2.24, 2.45) is 11.8 Å². The van der Waals surface area contributed by atoms with Gasteiger partial charge in [-0.15, -0.1) is 10.2 Å². The molecule has 0 spiro atoms. The Bertz CT molecular complexity index is 914. The van der Waals surface area contributed by atoms with Gasteiger partial charge in [0.2, 0.25) is 11.0 Å². The van der Waals surface area contributed by atoms with Crippen LogP contribution in [0.2, 0.25) is 0 Å². The molecule has 1 aromatic carbocycles. The maximum Gasteiger partial charge on any atom is 0.261 e. The third-order valence-corrected chi connectivity index (χ3v) is 6.88. The summed E-state index contributed by atoms with van der Waals surface area (Å²) >= 11 is 1.21. The Labute approximate surface area is 179 Å². The normalized spacial score (nSPS) is 21.0. The van der Waals surface area contributed by atoms with Crippen LogP contribution in [-0.2, 0) is 11.3 Å². The molecule has 1 aliphatic carbocycles. The van der Waals surface area contributed by atoms with Crippen LogP contribution in [0.1, 0.15) is 77.6 Å². The Morgan fingerprint density at radius 2 is 1.77 bits per heavy atom. The number of hydrogen-bond acceptors (Lipinski definition) is 6. The topological polar surface area (TPSA) is 92.3 Å². The first-order valence-electron chi connectivity index (χ1n) is 10.6. The number of nitrogens with zero attached hydrogens (tertiary/aromatic N) is 3. The summed E-state index contributed by atoms with van der Waals surface area (Å²) in [6.07, 6.45) is 7.81. The van der Waals surface area contributed by atoms with Gasteiger partial charge in [0.25, 0.3) is 11.8 Å². The van der Waals surface area contributed by atoms with Gasteiger partial charge in [0.1, 0.15) is 5.01 Å². The van der Waals surface area contributed by atoms with E-state index in [2.05, 4.69) is 22.4 Å². The Hall–Kier alpha value is -2.61. The molecule has 158 valence electrons. The van der Waals surface area contributed by atoms with E-state index >= 15 is 0 Å². The molecule has 1 saturated carbocycles. The summed E-state index contributed by atoms with van der Waals surface area (Å²) < 4.78 is 0. The smallest absolute Gasteiger partial charge is 0.261 e. The van der Waals surface area contributed by atoms with Crippen LogP contribution in [0, 0.1) is 11.8 Å². The molecule has 8 heteroatoms. The second kappa shape index (κ2) is 9.04. The number of aromatic nitrogens is 2. The number of nitrogens with one attached hydrogen (secondary N) is 1. The van der Waals surface area contributed by atoms with Crippen molar-refractivity contribution in [3.8, 4) is 0 Å². The molecular formula is C22H26N4O3S. The molecule has 1 aromatic heterocycles. The average Bonchev–Trinajstić information content (AvgIpc) is 3.31. The summed E-state index contributed by atoms with van der Waals surface area (Å²) in [4.78, 5) is 38.8. The van der Waals surface area contributed by atoms with Crippen LogP contribution in [0.25, 0.3) is 0 Å². The van der Waals surface area contributed by atoms with E-state index < -0.39 is 0 Å². The van der Waals surface area contributed by atoms with Crippen molar-refractivity contribution in [1.29, 1.82) is 0 Å². The minimum Gasteiger partial charge on any atom is -0.300 e. The lowest BCUT2D eigenvalue weighted by atomic mass is 9.79. The standard InChI is InChI=1S/C22H26N4O3S/c1-2-3-6-14-9-11-15(12-10-14)19(27)23-22-25-24-18(30-22)13-26-20(28)16-7-4-5-8-17(16)21(26)29/h4-5,7-8,14-15H,2-3,6,9-13H2,1H3,(H,23,25,27). The average molecular weight is 427 g/mol. The Morgan fingerprint density at radius 1 is 1.10 bits per heavy atom. The highest BCUT2D eigenvalue weighted by atomic mass is 32.1. The lowest BCUT2D eigenvalue weighted by Crippen LogP contribution is -2.29. The van der Waals surface area contributed by atoms with Crippen molar-refractivity contribution in [2.45, 2.75) is 58.4 Å². The minimum absolute atomic E-state index is 0.00706. The van der Waals surface area contributed by atoms with Gasteiger partial charge < -0.3 is 5.32 Å². The number of amides is 3. The predicted octanol–water partition coefficient (Wildman–Crippen LogP) is 4.27. The van der Waals surface area contributed by atoms with Crippen molar-refractivity contribution in [3.05, 3.63) is 40.4 Å². The molecule has 7 nitrogen and oxygen atoms in total. The highest BCUT2D eigenvalue weighted by molar-refractivity contribution is 7.15. The molecule has 0 atom stereocenters. The summed E-state index contributed by atoms with van der Waals surface area (Å²) in [5, 5.41) is 11.9. The minimum atomic E-state index is -0.323. The molecule has 1 N–H and O–H groups in total. The third-order valence-electron chi connectivity index (χ3n) is 6.05. The van der Waals surface area contributed by atoms with Gasteiger partial charge in [-0.2, -0.15) is 0 Å². The van der Waals surface area contributed by atoms with Crippen molar-refractivity contribution in [3.63, 3.8) is 0 Å². The zero-order chi connectivity index (χ0) is 21.1. The predicted molar refractivity (Wildman–Crippen MR) is 114 cm³/mol. The summed E-state index contributed by atoms with van der Waals surface area (Å²) in [6.45, 7) is 2.27. The number of rotatable bonds is 7. The van der Waals surface area contributed by atoms with Gasteiger partial charge in [-0.3, -0.25) is 19.3 Å². The second-order valence-electron chi connectivity index (χ2n) is 8.09. The SMILES string of the molecule is CCCCC1CCC(C(=O)Nc2nnc(CN3C(=O)c4ccccc4C3=O)s2)CC1. The van der Waals surface area contributed by atoms with Crippen molar-refractivity contribution in [1.82, 2.24) is 15.1 Å². The molecule has 0 saturated heterocycles. The molecule has 4 rings (SSSR count). The van der Waals surface area contributed by atoms with E-state index in [1.807, 2.05) is 0 Å². The zero-order valence-electron chi connectivity index (χ0n) is 17.1. The van der Waals surface area contributed by atoms with Crippen LogP contribution in [0.15, 0.2) is 24.3 Å². The van der Waals surface area contributed by atoms with E-state index in [0.29, 0.717) is 21.3 Å². The van der Waals surface area contributed by atoms with Crippen LogP contribution >= 0.6 is 11.3 Å². The van der Waals surface area contributed by atoms with Gasteiger partial charge in [0, 0.05) is 5.92 Å². The van der Waals surface area contributed by atoms with Crippen molar-refractivity contribution >= 4 is 34.2 Å². The molecule has 2 aliphatic rings. The molecule has 2 aromatic rings. The number of carbonyl (C=O) groups is 3. The van der Waals surface area contributed by atoms with E-state index in [1.54, 1.807) is 24.3 Å². The van der Waals surface area contributed by atoms with E-state index in [-0.39, 0.29) is 30.2 Å². The van der Waals surface area contributed by atoms with Crippen LogP contribution < -0.4 is 5.32 Å². The third kappa shape index (κ3) is 4.28. The number of unbranched alkanes of at least 4 members (excludes halogenated alkanes) is 1. The lowest BCUT2D eigenvalue weighted by Gasteiger charge is -2.27. The molecule has 30 heavy (non-hydrogen) atoms. The Morgan fingerprint density at radius 3 is 2.40 bits per heavy atom. The van der Waals surface area contributed by atoms with E-state index in [0.717, 1.165) is 31.6 Å². The number of anilines is 1. The first kappa shape index (κ1) is 20.7. The van der Waals surface area contributed by atoms with Crippen molar-refractivity contribution < 1.29 is 14.4 Å². The maximum absolute atomic E-state index is 12.6. The highest BCUT2D eigenvalue weighted by Crippen LogP contribution is 2.33. The van der Waals surface area contributed by atoms with Crippen LogP contribution in [-0.4, -0.2) is 32.8 Å². The fourth-order valence-corrected chi connectivity index (χ4v) is 5.03. The van der Waals surface area contributed by atoms with Crippen LogP contribution in [0.4, 0.5) is 5.13 Å². The number of imide groups is 1. The first-order chi connectivity index (χ1) is 14.6. The fourth-order valence-electron chi connectivity index (χ4n) is 4.30. The maximum atomic E-state index is 12.6. The molecule has 0 radical (unpaired) electrons. The monoisotopic (exact) mass is 426 g/mol. The van der Waals surface area contributed by atoms with E-state index in [1.165, 1.54) is 35.5 Å². The van der Waals surface area contributed by atoms with Crippen LogP contribution in [0.3, 0.4) is 0 Å². The molecule has 2 heterocycles. The van der Waals surface area contributed by atoms with Gasteiger partial charge in [0.15, 0.2) is 0 Å². The quantitative estimate of drug-likeness (QED) is 0.668. The van der Waals surface area contributed by atoms with E-state index in [9.17, 15) is 14.4 Å². The second-order valence-corrected chi connectivity index (χ2v) is 9.15. The summed E-state index contributed by atoms with van der Waals surface area (Å²) in [5.41, 5.74) is 0.824. The van der Waals surface area contributed by atoms with Crippen LogP contribution in [0.5, 0.6) is 0 Å². The molecule has 0 unspecified atom stereocenters. The van der Waals surface area contributed by atoms with E-state index in [4.69, 9.17) is 0 Å². The van der Waals surface area contributed by atoms with Gasteiger partial charge in [0.05, 0.1) is 17.7 Å². The van der Waals surface area contributed by atoms with Gasteiger partial charge in [-0.1, -0.05) is 49.7 Å².